The zero-order chi connectivity index (χ0) is 35.8. The Hall–Kier alpha value is -7.16. The van der Waals surface area contributed by atoms with E-state index in [1.54, 1.807) is 0 Å². The molecule has 0 saturated heterocycles. The Morgan fingerprint density at radius 1 is 0.333 bits per heavy atom. The highest BCUT2D eigenvalue weighted by Gasteiger charge is 2.22. The van der Waals surface area contributed by atoms with E-state index in [9.17, 15) is 0 Å². The normalized spacial score (nSPS) is 11.3. The summed E-state index contributed by atoms with van der Waals surface area (Å²) in [5.41, 5.74) is 14.5. The molecule has 10 aromatic rings. The van der Waals surface area contributed by atoms with Crippen LogP contribution in [0.15, 0.2) is 217 Å². The third-order valence-electron chi connectivity index (χ3n) is 10.5. The van der Waals surface area contributed by atoms with Gasteiger partial charge in [-0.25, -0.2) is 0 Å². The first-order valence-electron chi connectivity index (χ1n) is 18.4. The second kappa shape index (κ2) is 13.4. The number of hydrogen-bond donors (Lipinski definition) is 0. The molecule has 0 amide bonds. The van der Waals surface area contributed by atoms with Crippen LogP contribution in [0.4, 0.5) is 17.1 Å². The monoisotopic (exact) mass is 689 g/mol. The van der Waals surface area contributed by atoms with E-state index in [0.29, 0.717) is 0 Å². The van der Waals surface area contributed by atoms with Gasteiger partial charge in [0.05, 0.1) is 5.69 Å². The molecule has 0 radical (unpaired) electrons. The minimum Gasteiger partial charge on any atom is -0.455 e. The average Bonchev–Trinajstić information content (AvgIpc) is 3.65. The van der Waals surface area contributed by atoms with Crippen molar-refractivity contribution < 1.29 is 4.42 Å². The zero-order valence-corrected chi connectivity index (χ0v) is 29.6. The third-order valence-corrected chi connectivity index (χ3v) is 10.5. The second-order valence-corrected chi connectivity index (χ2v) is 13.7. The SMILES string of the molecule is c1ccc(-c2ccc(-c3ccc(N(c4ccc(-c5ccccc5)cc4)c4ccccc4-c4cc5ccccc5c5oc6ccccc6c45)cc3)cc2)cc1. The Balaban J connectivity index is 1.13. The Morgan fingerprint density at radius 2 is 0.778 bits per heavy atom. The largest absolute Gasteiger partial charge is 0.455 e. The van der Waals surface area contributed by atoms with Gasteiger partial charge >= 0.3 is 0 Å². The molecule has 9 aromatic carbocycles. The minimum absolute atomic E-state index is 0.892. The van der Waals surface area contributed by atoms with E-state index in [4.69, 9.17) is 4.42 Å². The van der Waals surface area contributed by atoms with Crippen molar-refractivity contribution in [3.8, 4) is 44.5 Å². The molecule has 0 N–H and O–H groups in total. The Morgan fingerprint density at radius 3 is 1.37 bits per heavy atom. The number of rotatable bonds is 7. The summed E-state index contributed by atoms with van der Waals surface area (Å²) in [5, 5.41) is 4.51. The van der Waals surface area contributed by atoms with Crippen LogP contribution in [0, 0.1) is 0 Å². The molecule has 0 spiro atoms. The molecule has 0 saturated carbocycles. The van der Waals surface area contributed by atoms with Crippen molar-refractivity contribution in [3.63, 3.8) is 0 Å². The molecule has 0 atom stereocenters. The maximum Gasteiger partial charge on any atom is 0.143 e. The highest BCUT2D eigenvalue weighted by Crippen LogP contribution is 2.47. The topological polar surface area (TPSA) is 16.4 Å². The van der Waals surface area contributed by atoms with Crippen LogP contribution in [0.25, 0.3) is 77.2 Å². The van der Waals surface area contributed by atoms with Gasteiger partial charge in [0, 0.05) is 33.1 Å². The summed E-state index contributed by atoms with van der Waals surface area (Å²) in [6.07, 6.45) is 0. The van der Waals surface area contributed by atoms with E-state index in [0.717, 1.165) is 60.9 Å². The lowest BCUT2D eigenvalue weighted by molar-refractivity contribution is 0.673. The summed E-state index contributed by atoms with van der Waals surface area (Å²) in [5.74, 6) is 0. The van der Waals surface area contributed by atoms with Crippen LogP contribution in [0.3, 0.4) is 0 Å². The second-order valence-electron chi connectivity index (χ2n) is 13.7. The number of nitrogens with zero attached hydrogens (tertiary/aromatic N) is 1. The summed E-state index contributed by atoms with van der Waals surface area (Å²) in [7, 11) is 0. The van der Waals surface area contributed by atoms with Crippen molar-refractivity contribution in [1.29, 1.82) is 0 Å². The fraction of sp³-hybridized carbons (Fsp3) is 0. The molecule has 0 unspecified atom stereocenters. The van der Waals surface area contributed by atoms with Crippen molar-refractivity contribution in [1.82, 2.24) is 0 Å². The predicted octanol–water partition coefficient (Wildman–Crippen LogP) is 14.9. The molecule has 0 bridgehead atoms. The van der Waals surface area contributed by atoms with Crippen LogP contribution in [0.5, 0.6) is 0 Å². The van der Waals surface area contributed by atoms with Gasteiger partial charge in [-0.3, -0.25) is 0 Å². The molecule has 2 nitrogen and oxygen atoms in total. The van der Waals surface area contributed by atoms with Crippen molar-refractivity contribution in [2.24, 2.45) is 0 Å². The van der Waals surface area contributed by atoms with Gasteiger partial charge in [0.25, 0.3) is 0 Å². The first kappa shape index (κ1) is 31.6. The number of para-hydroxylation sites is 2. The zero-order valence-electron chi connectivity index (χ0n) is 29.6. The highest BCUT2D eigenvalue weighted by molar-refractivity contribution is 6.22. The van der Waals surface area contributed by atoms with Crippen LogP contribution >= 0.6 is 0 Å². The van der Waals surface area contributed by atoms with E-state index in [-0.39, 0.29) is 0 Å². The minimum atomic E-state index is 0.892. The fourth-order valence-electron chi connectivity index (χ4n) is 7.82. The van der Waals surface area contributed by atoms with Gasteiger partial charge in [-0.1, -0.05) is 170 Å². The van der Waals surface area contributed by atoms with E-state index in [1.807, 2.05) is 6.07 Å². The lowest BCUT2D eigenvalue weighted by Crippen LogP contribution is -2.11. The van der Waals surface area contributed by atoms with Crippen molar-refractivity contribution in [2.75, 3.05) is 4.90 Å². The predicted molar refractivity (Wildman–Crippen MR) is 228 cm³/mol. The first-order valence-corrected chi connectivity index (χ1v) is 18.4. The standard InChI is InChI=1S/C52H35NO/c1-3-13-36(14-4-1)38-23-25-39(26-24-38)41-29-33-44(34-30-41)53(43-31-27-40(28-32-43)37-15-5-2-6-16-37)49-21-11-9-19-46(49)48-35-42-17-7-8-18-45(42)52-51(48)47-20-10-12-22-50(47)54-52/h1-35H. The van der Waals surface area contributed by atoms with Crippen molar-refractivity contribution in [3.05, 3.63) is 212 Å². The number of furan rings is 1. The van der Waals surface area contributed by atoms with E-state index < -0.39 is 0 Å². The average molecular weight is 690 g/mol. The quantitative estimate of drug-likeness (QED) is 0.166. The van der Waals surface area contributed by atoms with Crippen LogP contribution in [0.1, 0.15) is 0 Å². The number of anilines is 3. The van der Waals surface area contributed by atoms with E-state index in [2.05, 4.69) is 211 Å². The van der Waals surface area contributed by atoms with E-state index >= 15 is 0 Å². The van der Waals surface area contributed by atoms with Crippen LogP contribution in [0.2, 0.25) is 0 Å². The van der Waals surface area contributed by atoms with Gasteiger partial charge in [-0.2, -0.15) is 0 Å². The molecule has 254 valence electrons. The lowest BCUT2D eigenvalue weighted by Gasteiger charge is -2.28. The number of hydrogen-bond acceptors (Lipinski definition) is 2. The van der Waals surface area contributed by atoms with Gasteiger partial charge in [0.15, 0.2) is 0 Å². The van der Waals surface area contributed by atoms with Crippen LogP contribution in [-0.4, -0.2) is 0 Å². The molecule has 0 aliphatic rings. The summed E-state index contributed by atoms with van der Waals surface area (Å²) < 4.78 is 6.63. The molecule has 0 aliphatic heterocycles. The number of benzene rings is 9. The van der Waals surface area contributed by atoms with E-state index in [1.165, 1.54) is 33.4 Å². The Kier molecular flexibility index (Phi) is 7.85. The molecule has 1 aromatic heterocycles. The summed E-state index contributed by atoms with van der Waals surface area (Å²) in [4.78, 5) is 2.38. The van der Waals surface area contributed by atoms with Gasteiger partial charge in [0.1, 0.15) is 11.2 Å². The molecule has 54 heavy (non-hydrogen) atoms. The maximum absolute atomic E-state index is 6.63. The molecule has 2 heteroatoms. The summed E-state index contributed by atoms with van der Waals surface area (Å²) in [6.45, 7) is 0. The van der Waals surface area contributed by atoms with Gasteiger partial charge in [0.2, 0.25) is 0 Å². The van der Waals surface area contributed by atoms with Crippen molar-refractivity contribution in [2.45, 2.75) is 0 Å². The van der Waals surface area contributed by atoms with Gasteiger partial charge < -0.3 is 9.32 Å². The number of fused-ring (bicyclic) bond motifs is 5. The first-order chi connectivity index (χ1) is 26.8. The summed E-state index contributed by atoms with van der Waals surface area (Å²) >= 11 is 0. The molecule has 10 rings (SSSR count). The van der Waals surface area contributed by atoms with Crippen molar-refractivity contribution >= 4 is 49.8 Å². The van der Waals surface area contributed by atoms with Gasteiger partial charge in [-0.05, 0) is 86.8 Å². The Labute approximate surface area is 314 Å². The fourth-order valence-corrected chi connectivity index (χ4v) is 7.82. The van der Waals surface area contributed by atoms with Crippen LogP contribution < -0.4 is 4.90 Å². The molecule has 1 heterocycles. The Bertz CT molecular complexity index is 2890. The highest BCUT2D eigenvalue weighted by atomic mass is 16.3. The lowest BCUT2D eigenvalue weighted by atomic mass is 9.93. The van der Waals surface area contributed by atoms with Gasteiger partial charge in [-0.15, -0.1) is 0 Å². The molecule has 0 fully saturated rings. The molecule has 0 aliphatic carbocycles. The summed E-state index contributed by atoms with van der Waals surface area (Å²) in [6, 6.07) is 75.8. The third kappa shape index (κ3) is 5.62. The maximum atomic E-state index is 6.63. The van der Waals surface area contributed by atoms with Crippen LogP contribution in [-0.2, 0) is 0 Å². The molecular formula is C52H35NO. The molecular weight excluding hydrogens is 655 g/mol. The smallest absolute Gasteiger partial charge is 0.143 e.